The summed E-state index contributed by atoms with van der Waals surface area (Å²) < 4.78 is 0. The number of benzene rings is 3. The van der Waals surface area contributed by atoms with Crippen molar-refractivity contribution in [1.29, 1.82) is 0 Å². The number of hydrogen-bond donors (Lipinski definition) is 1. The molecular formula is C29H25N3O. The molecular weight excluding hydrogens is 406 g/mol. The summed E-state index contributed by atoms with van der Waals surface area (Å²) in [5.41, 5.74) is 5.97. The van der Waals surface area contributed by atoms with Gasteiger partial charge < -0.3 is 10.2 Å². The van der Waals surface area contributed by atoms with Crippen molar-refractivity contribution < 1.29 is 4.79 Å². The number of nitrogens with one attached hydrogen (secondary N) is 1. The third-order valence-electron chi connectivity index (χ3n) is 5.92. The maximum atomic E-state index is 13.4. The molecule has 1 aliphatic rings. The fourth-order valence-electron chi connectivity index (χ4n) is 4.30. The molecule has 4 nitrogen and oxygen atoms in total. The Morgan fingerprint density at radius 2 is 1.64 bits per heavy atom. The summed E-state index contributed by atoms with van der Waals surface area (Å²) in [5.74, 6) is -0.0424. The van der Waals surface area contributed by atoms with Gasteiger partial charge in [-0.2, -0.15) is 0 Å². The van der Waals surface area contributed by atoms with Gasteiger partial charge in [-0.3, -0.25) is 9.78 Å². The van der Waals surface area contributed by atoms with Crippen molar-refractivity contribution in [2.24, 2.45) is 0 Å². The summed E-state index contributed by atoms with van der Waals surface area (Å²) in [4.78, 5) is 19.9. The molecule has 1 aromatic heterocycles. The second-order valence-electron chi connectivity index (χ2n) is 8.24. The Hall–Kier alpha value is -4.18. The highest BCUT2D eigenvalue weighted by Gasteiger charge is 2.30. The third kappa shape index (κ3) is 4.85. The van der Waals surface area contributed by atoms with E-state index in [-0.39, 0.29) is 11.8 Å². The first-order valence-electron chi connectivity index (χ1n) is 11.1. The van der Waals surface area contributed by atoms with Crippen molar-refractivity contribution in [3.8, 4) is 11.1 Å². The van der Waals surface area contributed by atoms with E-state index in [9.17, 15) is 4.79 Å². The minimum absolute atomic E-state index is 0.0245. The second-order valence-corrected chi connectivity index (χ2v) is 8.24. The normalized spacial score (nSPS) is 15.2. The molecule has 162 valence electrons. The molecule has 0 unspecified atom stereocenters. The van der Waals surface area contributed by atoms with Gasteiger partial charge in [0.1, 0.15) is 0 Å². The van der Waals surface area contributed by atoms with Crippen LogP contribution in [0.5, 0.6) is 0 Å². The van der Waals surface area contributed by atoms with Crippen molar-refractivity contribution >= 4 is 11.6 Å². The van der Waals surface area contributed by atoms with Crippen molar-refractivity contribution in [1.82, 2.24) is 9.88 Å². The van der Waals surface area contributed by atoms with Gasteiger partial charge >= 0.3 is 0 Å². The van der Waals surface area contributed by atoms with Crippen LogP contribution in [0.4, 0.5) is 5.69 Å². The maximum absolute atomic E-state index is 13.4. The fraction of sp³-hybridized carbons (Fsp3) is 0.103. The standard InChI is InChI=1S/C29H25N3O/c33-29(31-26-15-7-13-24(17-26)25-14-8-16-30-18-25)28-21-32(19-22-9-3-1-4-10-22)20-27(28)23-11-5-2-6-12-23/h1-18,21,27H,19-20H2,(H,31,33)/t27-/m1/s1. The molecule has 4 heteroatoms. The van der Waals surface area contributed by atoms with Gasteiger partial charge in [0.15, 0.2) is 0 Å². The second kappa shape index (κ2) is 9.53. The predicted molar refractivity (Wildman–Crippen MR) is 132 cm³/mol. The van der Waals surface area contributed by atoms with Crippen LogP contribution in [0.25, 0.3) is 11.1 Å². The highest BCUT2D eigenvalue weighted by atomic mass is 16.1. The molecule has 1 N–H and O–H groups in total. The van der Waals surface area contributed by atoms with Crippen molar-refractivity contribution in [3.05, 3.63) is 132 Å². The molecule has 5 rings (SSSR count). The zero-order valence-corrected chi connectivity index (χ0v) is 18.3. The molecule has 0 radical (unpaired) electrons. The quantitative estimate of drug-likeness (QED) is 0.415. The minimum Gasteiger partial charge on any atom is -0.372 e. The lowest BCUT2D eigenvalue weighted by Crippen LogP contribution is -2.20. The summed E-state index contributed by atoms with van der Waals surface area (Å²) in [6.07, 6.45) is 5.60. The summed E-state index contributed by atoms with van der Waals surface area (Å²) in [5, 5.41) is 3.12. The third-order valence-corrected chi connectivity index (χ3v) is 5.92. The van der Waals surface area contributed by atoms with E-state index in [0.717, 1.165) is 41.0 Å². The first-order valence-corrected chi connectivity index (χ1v) is 11.1. The van der Waals surface area contributed by atoms with Gasteiger partial charge in [0.2, 0.25) is 0 Å². The molecule has 4 aromatic rings. The van der Waals surface area contributed by atoms with Crippen LogP contribution in [0, 0.1) is 0 Å². The lowest BCUT2D eigenvalue weighted by molar-refractivity contribution is -0.113. The van der Waals surface area contributed by atoms with E-state index in [0.29, 0.717) is 0 Å². The van der Waals surface area contributed by atoms with Crippen LogP contribution < -0.4 is 5.32 Å². The molecule has 0 fully saturated rings. The van der Waals surface area contributed by atoms with Crippen LogP contribution in [0.3, 0.4) is 0 Å². The molecule has 0 saturated carbocycles. The first-order chi connectivity index (χ1) is 16.3. The van der Waals surface area contributed by atoms with Crippen molar-refractivity contribution in [3.63, 3.8) is 0 Å². The van der Waals surface area contributed by atoms with E-state index in [4.69, 9.17) is 0 Å². The lowest BCUT2D eigenvalue weighted by Gasteiger charge is -2.19. The fourth-order valence-corrected chi connectivity index (χ4v) is 4.30. The van der Waals surface area contributed by atoms with Crippen LogP contribution in [-0.2, 0) is 11.3 Å². The van der Waals surface area contributed by atoms with Gasteiger partial charge in [0.05, 0.1) is 0 Å². The average molecular weight is 432 g/mol. The number of anilines is 1. The molecule has 1 aliphatic heterocycles. The van der Waals surface area contributed by atoms with Gasteiger partial charge in [-0.1, -0.05) is 78.9 Å². The van der Waals surface area contributed by atoms with Gasteiger partial charge in [0, 0.05) is 54.4 Å². The number of amides is 1. The molecule has 33 heavy (non-hydrogen) atoms. The zero-order valence-electron chi connectivity index (χ0n) is 18.3. The molecule has 1 amide bonds. The Morgan fingerprint density at radius 1 is 0.879 bits per heavy atom. The predicted octanol–water partition coefficient (Wildman–Crippen LogP) is 5.87. The van der Waals surface area contributed by atoms with E-state index in [1.165, 1.54) is 5.56 Å². The molecule has 0 saturated heterocycles. The van der Waals surface area contributed by atoms with Crippen LogP contribution in [0.1, 0.15) is 17.0 Å². The van der Waals surface area contributed by atoms with E-state index >= 15 is 0 Å². The Morgan fingerprint density at radius 3 is 2.39 bits per heavy atom. The van der Waals surface area contributed by atoms with E-state index in [1.54, 1.807) is 6.20 Å². The summed E-state index contributed by atoms with van der Waals surface area (Å²) in [7, 11) is 0. The number of hydrogen-bond acceptors (Lipinski definition) is 3. The van der Waals surface area contributed by atoms with E-state index in [1.807, 2.05) is 85.2 Å². The maximum Gasteiger partial charge on any atom is 0.253 e. The SMILES string of the molecule is O=C(Nc1cccc(-c2cccnc2)c1)C1=CN(Cc2ccccc2)C[C@@H]1c1ccccc1. The monoisotopic (exact) mass is 431 g/mol. The molecule has 0 spiro atoms. The number of pyridine rings is 1. The first kappa shape index (κ1) is 20.7. The zero-order chi connectivity index (χ0) is 22.5. The number of rotatable bonds is 6. The Balaban J connectivity index is 1.39. The topological polar surface area (TPSA) is 45.2 Å². The highest BCUT2D eigenvalue weighted by Crippen LogP contribution is 2.33. The Bertz CT molecular complexity index is 1250. The Kier molecular flexibility index (Phi) is 5.98. The molecule has 1 atom stereocenters. The van der Waals surface area contributed by atoms with Gasteiger partial charge in [-0.15, -0.1) is 0 Å². The van der Waals surface area contributed by atoms with Gasteiger partial charge in [-0.25, -0.2) is 0 Å². The molecule has 3 aromatic carbocycles. The number of nitrogens with zero attached hydrogens (tertiary/aromatic N) is 2. The smallest absolute Gasteiger partial charge is 0.253 e. The summed E-state index contributed by atoms with van der Waals surface area (Å²) in [6, 6.07) is 32.4. The number of carbonyl (C=O) groups is 1. The molecule has 0 aliphatic carbocycles. The number of aromatic nitrogens is 1. The summed E-state index contributed by atoms with van der Waals surface area (Å²) >= 11 is 0. The number of carbonyl (C=O) groups excluding carboxylic acids is 1. The van der Waals surface area contributed by atoms with Crippen LogP contribution in [0.15, 0.2) is 121 Å². The van der Waals surface area contributed by atoms with Crippen LogP contribution >= 0.6 is 0 Å². The Labute approximate surface area is 194 Å². The molecule has 0 bridgehead atoms. The highest BCUT2D eigenvalue weighted by molar-refractivity contribution is 6.05. The van der Waals surface area contributed by atoms with E-state index in [2.05, 4.69) is 39.5 Å². The average Bonchev–Trinajstić information content (AvgIpc) is 3.30. The van der Waals surface area contributed by atoms with Gasteiger partial charge in [0.25, 0.3) is 5.91 Å². The minimum atomic E-state index is -0.0669. The lowest BCUT2D eigenvalue weighted by atomic mass is 9.93. The van der Waals surface area contributed by atoms with Crippen LogP contribution in [-0.4, -0.2) is 22.3 Å². The van der Waals surface area contributed by atoms with Crippen molar-refractivity contribution in [2.45, 2.75) is 12.5 Å². The largest absolute Gasteiger partial charge is 0.372 e. The van der Waals surface area contributed by atoms with Crippen molar-refractivity contribution in [2.75, 3.05) is 11.9 Å². The van der Waals surface area contributed by atoms with E-state index < -0.39 is 0 Å². The summed E-state index contributed by atoms with van der Waals surface area (Å²) in [6.45, 7) is 1.55. The molecule has 2 heterocycles. The van der Waals surface area contributed by atoms with Crippen LogP contribution in [0.2, 0.25) is 0 Å². The van der Waals surface area contributed by atoms with Gasteiger partial charge in [-0.05, 0) is 34.9 Å².